The van der Waals surface area contributed by atoms with Crippen molar-refractivity contribution in [2.75, 3.05) is 13.2 Å². The van der Waals surface area contributed by atoms with Crippen molar-refractivity contribution in [2.24, 2.45) is 0 Å². The van der Waals surface area contributed by atoms with Crippen molar-refractivity contribution in [1.29, 1.82) is 0 Å². The van der Waals surface area contributed by atoms with E-state index in [1.165, 1.54) is 19.1 Å². The van der Waals surface area contributed by atoms with Crippen LogP contribution >= 0.6 is 8.60 Å². The van der Waals surface area contributed by atoms with Crippen molar-refractivity contribution >= 4 is 20.5 Å². The number of benzene rings is 2. The van der Waals surface area contributed by atoms with Gasteiger partial charge in [-0.3, -0.25) is 4.79 Å². The minimum absolute atomic E-state index is 0.151. The van der Waals surface area contributed by atoms with Gasteiger partial charge in [0.1, 0.15) is 17.1 Å². The molecule has 0 spiro atoms. The van der Waals surface area contributed by atoms with Gasteiger partial charge in [0.2, 0.25) is 0 Å². The van der Waals surface area contributed by atoms with Gasteiger partial charge in [0.15, 0.2) is 0 Å². The maximum absolute atomic E-state index is 12.5. The quantitative estimate of drug-likeness (QED) is 0.323. The van der Waals surface area contributed by atoms with E-state index in [1.807, 2.05) is 19.9 Å². The fourth-order valence-corrected chi connectivity index (χ4v) is 3.09. The number of carbonyl (C=O) groups excluding carboxylic acids is 2. The third kappa shape index (κ3) is 7.02. The van der Waals surface area contributed by atoms with Crippen molar-refractivity contribution in [1.82, 2.24) is 0 Å². The summed E-state index contributed by atoms with van der Waals surface area (Å²) < 4.78 is 26.9. The normalized spacial score (nSPS) is 10.7. The first-order valence-electron chi connectivity index (χ1n) is 8.80. The second kappa shape index (κ2) is 11.5. The number of hydrogen-bond acceptors (Lipinski definition) is 7. The second-order valence-electron chi connectivity index (χ2n) is 5.46. The van der Waals surface area contributed by atoms with E-state index in [-0.39, 0.29) is 17.9 Å². The third-order valence-electron chi connectivity index (χ3n) is 3.28. The summed E-state index contributed by atoms with van der Waals surface area (Å²) in [5.74, 6) is -0.639. The van der Waals surface area contributed by atoms with E-state index in [9.17, 15) is 9.59 Å². The van der Waals surface area contributed by atoms with Crippen LogP contribution in [0.25, 0.3) is 0 Å². The van der Waals surface area contributed by atoms with Crippen molar-refractivity contribution in [3.05, 3.63) is 59.7 Å². The summed E-state index contributed by atoms with van der Waals surface area (Å²) in [5.41, 5.74) is 0.959. The van der Waals surface area contributed by atoms with Crippen LogP contribution in [-0.2, 0) is 25.0 Å². The molecular formula is C20H23O7P. The fraction of sp³-hybridized carbons (Fsp3) is 0.300. The number of ether oxygens (including phenoxy) is 2. The van der Waals surface area contributed by atoms with Crippen LogP contribution in [0.1, 0.15) is 36.7 Å². The smallest absolute Gasteiger partial charge is 0.347 e. The predicted molar refractivity (Wildman–Crippen MR) is 104 cm³/mol. The molecule has 2 aromatic rings. The van der Waals surface area contributed by atoms with Gasteiger partial charge in [-0.15, -0.1) is 0 Å². The monoisotopic (exact) mass is 406 g/mol. The molecule has 8 heteroatoms. The Morgan fingerprint density at radius 1 is 0.893 bits per heavy atom. The maximum atomic E-state index is 12.5. The van der Waals surface area contributed by atoms with Crippen molar-refractivity contribution < 1.29 is 32.6 Å². The Bertz CT molecular complexity index is 788. The highest BCUT2D eigenvalue weighted by Gasteiger charge is 2.16. The Labute approximate surface area is 165 Å². The highest BCUT2D eigenvalue weighted by atomic mass is 31.2. The molecular weight excluding hydrogens is 383 g/mol. The first kappa shape index (κ1) is 22.0. The van der Waals surface area contributed by atoms with Crippen LogP contribution in [-0.4, -0.2) is 25.2 Å². The lowest BCUT2D eigenvalue weighted by Gasteiger charge is -2.15. The average molecular weight is 406 g/mol. The molecule has 0 aromatic heterocycles. The molecule has 0 saturated carbocycles. The van der Waals surface area contributed by atoms with Crippen LogP contribution in [0.5, 0.6) is 11.5 Å². The predicted octanol–water partition coefficient (Wildman–Crippen LogP) is 4.65. The average Bonchev–Trinajstić information content (AvgIpc) is 2.67. The van der Waals surface area contributed by atoms with E-state index in [1.54, 1.807) is 30.3 Å². The molecule has 0 heterocycles. The van der Waals surface area contributed by atoms with Crippen LogP contribution in [0.15, 0.2) is 48.5 Å². The van der Waals surface area contributed by atoms with Gasteiger partial charge in [-0.1, -0.05) is 24.3 Å². The fourth-order valence-electron chi connectivity index (χ4n) is 2.19. The number of hydrogen-bond donors (Lipinski definition) is 0. The van der Waals surface area contributed by atoms with Crippen LogP contribution in [0.4, 0.5) is 0 Å². The van der Waals surface area contributed by atoms with Crippen LogP contribution in [0, 0.1) is 0 Å². The van der Waals surface area contributed by atoms with Gasteiger partial charge >= 0.3 is 20.5 Å². The summed E-state index contributed by atoms with van der Waals surface area (Å²) in [5, 5.41) is 0. The molecule has 0 atom stereocenters. The number of para-hydroxylation sites is 1. The highest BCUT2D eigenvalue weighted by molar-refractivity contribution is 7.41. The molecule has 2 aromatic carbocycles. The van der Waals surface area contributed by atoms with Gasteiger partial charge in [-0.05, 0) is 43.7 Å². The molecule has 0 saturated heterocycles. The van der Waals surface area contributed by atoms with E-state index in [2.05, 4.69) is 0 Å². The van der Waals surface area contributed by atoms with Crippen LogP contribution in [0.2, 0.25) is 0 Å². The van der Waals surface area contributed by atoms with Crippen molar-refractivity contribution in [3.63, 3.8) is 0 Å². The first-order chi connectivity index (χ1) is 13.5. The van der Waals surface area contributed by atoms with E-state index >= 15 is 0 Å². The van der Waals surface area contributed by atoms with Gasteiger partial charge in [-0.25, -0.2) is 4.79 Å². The topological polar surface area (TPSA) is 80.3 Å². The van der Waals surface area contributed by atoms with Gasteiger partial charge in [0.25, 0.3) is 0 Å². The molecule has 0 aliphatic carbocycles. The third-order valence-corrected chi connectivity index (χ3v) is 4.55. The van der Waals surface area contributed by atoms with E-state index in [4.69, 9.17) is 23.0 Å². The van der Waals surface area contributed by atoms with Gasteiger partial charge < -0.3 is 23.0 Å². The molecule has 0 bridgehead atoms. The van der Waals surface area contributed by atoms with Gasteiger partial charge in [-0.2, -0.15) is 0 Å². The molecule has 0 radical (unpaired) electrons. The lowest BCUT2D eigenvalue weighted by atomic mass is 10.2. The molecule has 0 unspecified atom stereocenters. The summed E-state index contributed by atoms with van der Waals surface area (Å²) in [6.07, 6.45) is 0. The summed E-state index contributed by atoms with van der Waals surface area (Å²) in [7, 11) is -1.42. The Hall–Kier alpha value is -2.31. The zero-order chi connectivity index (χ0) is 20.4. The molecule has 0 N–H and O–H groups in total. The Kier molecular flexibility index (Phi) is 9.04. The summed E-state index contributed by atoms with van der Waals surface area (Å²) in [6, 6.07) is 13.3. The molecule has 28 heavy (non-hydrogen) atoms. The lowest BCUT2D eigenvalue weighted by Crippen LogP contribution is -2.12. The van der Waals surface area contributed by atoms with Gasteiger partial charge in [0.05, 0.1) is 19.8 Å². The molecule has 7 nitrogen and oxygen atoms in total. The standard InChI is InChI=1S/C20H23O7P/c1-4-23-28(24-5-2)25-14-16-9-8-10-17(13-16)27-20(22)18-11-6-7-12-19(18)26-15(3)21/h6-13H,4-5,14H2,1-3H3. The lowest BCUT2D eigenvalue weighted by molar-refractivity contribution is -0.131. The van der Waals surface area contributed by atoms with Crippen molar-refractivity contribution in [3.8, 4) is 11.5 Å². The Morgan fingerprint density at radius 2 is 1.61 bits per heavy atom. The van der Waals surface area contributed by atoms with E-state index < -0.39 is 20.5 Å². The maximum Gasteiger partial charge on any atom is 0.347 e. The number of carbonyl (C=O) groups is 2. The molecule has 0 fully saturated rings. The molecule has 0 amide bonds. The van der Waals surface area contributed by atoms with E-state index in [0.717, 1.165) is 5.56 Å². The largest absolute Gasteiger partial charge is 0.426 e. The molecule has 150 valence electrons. The Balaban J connectivity index is 2.04. The van der Waals surface area contributed by atoms with E-state index in [0.29, 0.717) is 19.0 Å². The second-order valence-corrected chi connectivity index (χ2v) is 6.68. The highest BCUT2D eigenvalue weighted by Crippen LogP contribution is 2.40. The summed E-state index contributed by atoms with van der Waals surface area (Å²) >= 11 is 0. The van der Waals surface area contributed by atoms with Crippen LogP contribution in [0.3, 0.4) is 0 Å². The summed E-state index contributed by atoms with van der Waals surface area (Å²) in [6.45, 7) is 6.24. The van der Waals surface area contributed by atoms with Gasteiger partial charge in [0, 0.05) is 6.92 Å². The van der Waals surface area contributed by atoms with Crippen LogP contribution < -0.4 is 9.47 Å². The summed E-state index contributed by atoms with van der Waals surface area (Å²) in [4.78, 5) is 23.7. The first-order valence-corrected chi connectivity index (χ1v) is 9.90. The molecule has 2 rings (SSSR count). The Morgan fingerprint density at radius 3 is 2.29 bits per heavy atom. The number of esters is 2. The zero-order valence-electron chi connectivity index (χ0n) is 16.0. The minimum Gasteiger partial charge on any atom is -0.426 e. The van der Waals surface area contributed by atoms with Crippen molar-refractivity contribution in [2.45, 2.75) is 27.4 Å². The number of rotatable bonds is 10. The minimum atomic E-state index is -1.42. The zero-order valence-corrected chi connectivity index (χ0v) is 16.9. The molecule has 0 aliphatic heterocycles. The molecule has 0 aliphatic rings. The SMILES string of the molecule is CCOP(OCC)OCc1cccc(OC(=O)c2ccccc2OC(C)=O)c1.